The molecule has 0 bridgehead atoms. The fourth-order valence-corrected chi connectivity index (χ4v) is 1.47. The summed E-state index contributed by atoms with van der Waals surface area (Å²) in [7, 11) is 0. The minimum Gasteiger partial charge on any atom is -0.328 e. The van der Waals surface area contributed by atoms with E-state index in [9.17, 15) is 4.39 Å². The largest absolute Gasteiger partial charge is 0.328 e. The van der Waals surface area contributed by atoms with Gasteiger partial charge in [0.1, 0.15) is 0 Å². The molecule has 2 atom stereocenters. The van der Waals surface area contributed by atoms with Gasteiger partial charge in [-0.2, -0.15) is 0 Å². The number of hydrogen-bond donors (Lipinski definition) is 1. The number of hydrogen-bond acceptors (Lipinski definition) is 1. The first-order chi connectivity index (χ1) is 4.33. The Morgan fingerprint density at radius 2 is 2.10 bits per heavy atom. The predicted molar refractivity (Wildman–Crippen MR) is 43.2 cm³/mol. The van der Waals surface area contributed by atoms with Gasteiger partial charge in [0.2, 0.25) is 0 Å². The van der Waals surface area contributed by atoms with E-state index in [1.807, 2.05) is 0 Å². The highest BCUT2D eigenvalue weighted by atomic mass is 35.5. The van der Waals surface area contributed by atoms with Gasteiger partial charge in [0.25, 0.3) is 0 Å². The van der Waals surface area contributed by atoms with E-state index in [1.165, 1.54) is 0 Å². The third kappa shape index (κ3) is 2.84. The minimum atomic E-state index is -0.173. The van der Waals surface area contributed by atoms with Crippen molar-refractivity contribution in [2.45, 2.75) is 31.7 Å². The molecule has 10 heavy (non-hydrogen) atoms. The summed E-state index contributed by atoms with van der Waals surface area (Å²) in [5.74, 6) is 0.272. The van der Waals surface area contributed by atoms with Crippen molar-refractivity contribution in [1.29, 1.82) is 0 Å². The third-order valence-corrected chi connectivity index (χ3v) is 2.04. The summed E-state index contributed by atoms with van der Waals surface area (Å²) >= 11 is 0. The lowest BCUT2D eigenvalue weighted by molar-refractivity contribution is 0.260. The van der Waals surface area contributed by atoms with Crippen LogP contribution < -0.4 is 5.73 Å². The molecule has 62 valence electrons. The molecule has 1 nitrogen and oxygen atoms in total. The van der Waals surface area contributed by atoms with Crippen molar-refractivity contribution in [2.75, 3.05) is 6.67 Å². The van der Waals surface area contributed by atoms with Gasteiger partial charge in [-0.1, -0.05) is 6.42 Å². The maximum atomic E-state index is 12.0. The topological polar surface area (TPSA) is 26.0 Å². The summed E-state index contributed by atoms with van der Waals surface area (Å²) < 4.78 is 12.0. The molecular weight excluding hydrogens is 153 g/mol. The second-order valence-electron chi connectivity index (χ2n) is 2.95. The van der Waals surface area contributed by atoms with Crippen LogP contribution in [0.4, 0.5) is 4.39 Å². The summed E-state index contributed by atoms with van der Waals surface area (Å²) in [5, 5.41) is 0. The summed E-state index contributed by atoms with van der Waals surface area (Å²) in [6.45, 7) is -0.173. The Hall–Kier alpha value is 0.180. The zero-order valence-corrected chi connectivity index (χ0v) is 6.87. The van der Waals surface area contributed by atoms with Crippen molar-refractivity contribution in [3.63, 3.8) is 0 Å². The van der Waals surface area contributed by atoms with Crippen LogP contribution in [0.1, 0.15) is 25.7 Å². The van der Waals surface area contributed by atoms with Crippen molar-refractivity contribution in [3.8, 4) is 0 Å². The van der Waals surface area contributed by atoms with Gasteiger partial charge in [-0.15, -0.1) is 12.4 Å². The normalized spacial score (nSPS) is 33.0. The first kappa shape index (κ1) is 10.2. The second-order valence-corrected chi connectivity index (χ2v) is 2.95. The summed E-state index contributed by atoms with van der Waals surface area (Å²) in [6.07, 6.45) is 4.16. The van der Waals surface area contributed by atoms with Crippen molar-refractivity contribution >= 4 is 12.4 Å². The molecule has 0 amide bonds. The molecule has 0 radical (unpaired) electrons. The van der Waals surface area contributed by atoms with Crippen molar-refractivity contribution < 1.29 is 4.39 Å². The van der Waals surface area contributed by atoms with Crippen LogP contribution in [0.15, 0.2) is 0 Å². The molecule has 3 heteroatoms. The molecule has 1 aliphatic carbocycles. The SMILES string of the molecule is Cl.N[C@@H]1CCC[C@@H](CF)C1. The van der Waals surface area contributed by atoms with Gasteiger partial charge in [0, 0.05) is 6.04 Å². The molecule has 0 aliphatic heterocycles. The highest BCUT2D eigenvalue weighted by molar-refractivity contribution is 5.85. The highest BCUT2D eigenvalue weighted by Crippen LogP contribution is 2.22. The number of alkyl halides is 1. The van der Waals surface area contributed by atoms with E-state index >= 15 is 0 Å². The third-order valence-electron chi connectivity index (χ3n) is 2.04. The molecule has 0 aromatic heterocycles. The average Bonchev–Trinajstić information content (AvgIpc) is 1.88. The molecule has 0 spiro atoms. The molecule has 1 rings (SSSR count). The minimum absolute atomic E-state index is 0. The van der Waals surface area contributed by atoms with Gasteiger partial charge in [0.15, 0.2) is 0 Å². The molecule has 2 N–H and O–H groups in total. The zero-order valence-electron chi connectivity index (χ0n) is 6.05. The Balaban J connectivity index is 0.000000810. The van der Waals surface area contributed by atoms with Gasteiger partial charge in [-0.05, 0) is 25.2 Å². The molecule has 0 heterocycles. The standard InChI is InChI=1S/C7H14FN.ClH/c8-5-6-2-1-3-7(9)4-6;/h6-7H,1-5,9H2;1H/t6-,7-;/m1./s1. The van der Waals surface area contributed by atoms with E-state index < -0.39 is 0 Å². The molecule has 1 aliphatic rings. The number of halogens is 2. The van der Waals surface area contributed by atoms with Gasteiger partial charge in [0.05, 0.1) is 6.67 Å². The van der Waals surface area contributed by atoms with Crippen LogP contribution in [0.25, 0.3) is 0 Å². The lowest BCUT2D eigenvalue weighted by Gasteiger charge is -2.23. The molecule has 0 aromatic carbocycles. The summed E-state index contributed by atoms with van der Waals surface area (Å²) in [5.41, 5.74) is 5.63. The first-order valence-electron chi connectivity index (χ1n) is 3.64. The Morgan fingerprint density at radius 1 is 1.40 bits per heavy atom. The molecular formula is C7H15ClFN. The van der Waals surface area contributed by atoms with Gasteiger partial charge >= 0.3 is 0 Å². The second kappa shape index (κ2) is 4.91. The van der Waals surface area contributed by atoms with Crippen LogP contribution in [0.3, 0.4) is 0 Å². The zero-order chi connectivity index (χ0) is 6.69. The fourth-order valence-electron chi connectivity index (χ4n) is 1.47. The maximum absolute atomic E-state index is 12.0. The highest BCUT2D eigenvalue weighted by Gasteiger charge is 2.18. The maximum Gasteiger partial charge on any atom is 0.0923 e. The van der Waals surface area contributed by atoms with Crippen LogP contribution in [-0.4, -0.2) is 12.7 Å². The van der Waals surface area contributed by atoms with Crippen LogP contribution in [0.2, 0.25) is 0 Å². The van der Waals surface area contributed by atoms with Crippen molar-refractivity contribution in [2.24, 2.45) is 11.7 Å². The van der Waals surface area contributed by atoms with E-state index in [0.717, 1.165) is 25.7 Å². The van der Waals surface area contributed by atoms with E-state index in [1.54, 1.807) is 0 Å². The Morgan fingerprint density at radius 3 is 2.50 bits per heavy atom. The van der Waals surface area contributed by atoms with E-state index in [4.69, 9.17) is 5.73 Å². The van der Waals surface area contributed by atoms with E-state index in [-0.39, 0.29) is 31.0 Å². The van der Waals surface area contributed by atoms with Gasteiger partial charge < -0.3 is 5.73 Å². The monoisotopic (exact) mass is 167 g/mol. The fraction of sp³-hybridized carbons (Fsp3) is 1.00. The smallest absolute Gasteiger partial charge is 0.0923 e. The first-order valence-corrected chi connectivity index (χ1v) is 3.64. The Labute approximate surface area is 67.6 Å². The van der Waals surface area contributed by atoms with Crippen LogP contribution in [0.5, 0.6) is 0 Å². The van der Waals surface area contributed by atoms with Gasteiger partial charge in [-0.3, -0.25) is 4.39 Å². The predicted octanol–water partition coefficient (Wildman–Crippen LogP) is 1.90. The molecule has 0 saturated heterocycles. The lowest BCUT2D eigenvalue weighted by atomic mass is 9.87. The quantitative estimate of drug-likeness (QED) is 0.635. The molecule has 1 fully saturated rings. The van der Waals surface area contributed by atoms with Crippen LogP contribution in [-0.2, 0) is 0 Å². The molecule has 0 aromatic rings. The van der Waals surface area contributed by atoms with Crippen molar-refractivity contribution in [3.05, 3.63) is 0 Å². The van der Waals surface area contributed by atoms with E-state index in [2.05, 4.69) is 0 Å². The summed E-state index contributed by atoms with van der Waals surface area (Å²) in [6, 6.07) is 0.277. The Bertz CT molecular complexity index is 89.7. The van der Waals surface area contributed by atoms with Crippen LogP contribution in [0, 0.1) is 5.92 Å². The number of nitrogens with two attached hydrogens (primary N) is 1. The summed E-state index contributed by atoms with van der Waals surface area (Å²) in [4.78, 5) is 0. The average molecular weight is 168 g/mol. The van der Waals surface area contributed by atoms with E-state index in [0.29, 0.717) is 0 Å². The Kier molecular flexibility index (Phi) is 5.00. The van der Waals surface area contributed by atoms with Gasteiger partial charge in [-0.25, -0.2) is 0 Å². The molecule has 1 saturated carbocycles. The number of rotatable bonds is 1. The van der Waals surface area contributed by atoms with Crippen molar-refractivity contribution in [1.82, 2.24) is 0 Å². The molecule has 0 unspecified atom stereocenters. The van der Waals surface area contributed by atoms with Crippen LogP contribution >= 0.6 is 12.4 Å². The lowest BCUT2D eigenvalue weighted by Crippen LogP contribution is -2.28.